The molecular formula is C14H14N2O3S. The van der Waals surface area contributed by atoms with Gasteiger partial charge in [-0.25, -0.2) is 8.42 Å². The van der Waals surface area contributed by atoms with Gasteiger partial charge in [0.25, 0.3) is 0 Å². The number of sulfonamides is 1. The Hall–Kier alpha value is -1.92. The minimum Gasteiger partial charge on any atom is -0.486 e. The lowest BCUT2D eigenvalue weighted by molar-refractivity contribution is 0.0759. The predicted octanol–water partition coefficient (Wildman–Crippen LogP) is 1.53. The van der Waals surface area contributed by atoms with E-state index in [0.717, 1.165) is 0 Å². The molecule has 5 nitrogen and oxygen atoms in total. The topological polar surface area (TPSA) is 59.5 Å². The molecule has 0 atom stereocenters. The van der Waals surface area contributed by atoms with Gasteiger partial charge in [0, 0.05) is 6.20 Å². The van der Waals surface area contributed by atoms with Gasteiger partial charge in [0.15, 0.2) is 0 Å². The van der Waals surface area contributed by atoms with Crippen LogP contribution in [0.1, 0.15) is 0 Å². The summed E-state index contributed by atoms with van der Waals surface area (Å²) in [7, 11) is -3.39. The predicted molar refractivity (Wildman–Crippen MR) is 73.9 cm³/mol. The molecule has 0 bridgehead atoms. The first-order valence-electron chi connectivity index (χ1n) is 6.28. The van der Waals surface area contributed by atoms with Crippen molar-refractivity contribution in [1.29, 1.82) is 0 Å². The van der Waals surface area contributed by atoms with Gasteiger partial charge in [-0.1, -0.05) is 18.2 Å². The molecule has 0 radical (unpaired) electrons. The number of aromatic nitrogens is 1. The highest BCUT2D eigenvalue weighted by Gasteiger charge is 2.38. The van der Waals surface area contributed by atoms with Crippen molar-refractivity contribution < 1.29 is 13.2 Å². The number of rotatable bonds is 4. The van der Waals surface area contributed by atoms with Crippen LogP contribution in [0, 0.1) is 0 Å². The Morgan fingerprint density at radius 1 is 1.10 bits per heavy atom. The Balaban J connectivity index is 1.63. The highest BCUT2D eigenvalue weighted by molar-refractivity contribution is 7.89. The number of ether oxygens (including phenoxy) is 1. The smallest absolute Gasteiger partial charge is 0.243 e. The lowest BCUT2D eigenvalue weighted by Crippen LogP contribution is -2.55. The van der Waals surface area contributed by atoms with Crippen molar-refractivity contribution in [3.63, 3.8) is 0 Å². The van der Waals surface area contributed by atoms with E-state index in [9.17, 15) is 8.42 Å². The van der Waals surface area contributed by atoms with Crippen LogP contribution in [0.15, 0.2) is 59.8 Å². The highest BCUT2D eigenvalue weighted by atomic mass is 32.2. The fourth-order valence-corrected chi connectivity index (χ4v) is 3.55. The first kappa shape index (κ1) is 13.1. The molecule has 0 unspecified atom stereocenters. The zero-order valence-electron chi connectivity index (χ0n) is 10.7. The number of hydrogen-bond donors (Lipinski definition) is 0. The van der Waals surface area contributed by atoms with Crippen LogP contribution in [0.3, 0.4) is 0 Å². The van der Waals surface area contributed by atoms with Gasteiger partial charge >= 0.3 is 0 Å². The van der Waals surface area contributed by atoms with Gasteiger partial charge in [0.05, 0.1) is 24.2 Å². The molecule has 1 fully saturated rings. The van der Waals surface area contributed by atoms with E-state index in [4.69, 9.17) is 4.74 Å². The standard InChI is InChI=1S/C14H14N2O3S/c17-20(18,14-6-2-1-3-7-14)16-10-13(11-16)19-12-5-4-8-15-9-12/h1-9,13H,10-11H2. The molecule has 0 amide bonds. The summed E-state index contributed by atoms with van der Waals surface area (Å²) in [5.41, 5.74) is 0. The van der Waals surface area contributed by atoms with E-state index in [-0.39, 0.29) is 6.10 Å². The number of nitrogens with zero attached hydrogens (tertiary/aromatic N) is 2. The van der Waals surface area contributed by atoms with Crippen LogP contribution in [0.4, 0.5) is 0 Å². The maximum Gasteiger partial charge on any atom is 0.243 e. The van der Waals surface area contributed by atoms with E-state index in [1.807, 2.05) is 0 Å². The molecule has 3 rings (SSSR count). The maximum absolute atomic E-state index is 12.3. The molecule has 2 heterocycles. The van der Waals surface area contributed by atoms with Crippen LogP contribution in [-0.2, 0) is 10.0 Å². The van der Waals surface area contributed by atoms with E-state index < -0.39 is 10.0 Å². The third-order valence-electron chi connectivity index (χ3n) is 3.13. The van der Waals surface area contributed by atoms with Crippen LogP contribution < -0.4 is 4.74 Å². The van der Waals surface area contributed by atoms with Crippen molar-refractivity contribution in [3.8, 4) is 5.75 Å². The van der Waals surface area contributed by atoms with Crippen molar-refractivity contribution >= 4 is 10.0 Å². The van der Waals surface area contributed by atoms with E-state index in [1.54, 1.807) is 54.9 Å². The van der Waals surface area contributed by atoms with Crippen LogP contribution in [-0.4, -0.2) is 36.9 Å². The third-order valence-corrected chi connectivity index (χ3v) is 4.98. The molecule has 1 aromatic heterocycles. The Labute approximate surface area is 117 Å². The monoisotopic (exact) mass is 290 g/mol. The molecule has 1 aliphatic rings. The van der Waals surface area contributed by atoms with E-state index in [2.05, 4.69) is 4.98 Å². The van der Waals surface area contributed by atoms with E-state index in [1.165, 1.54) is 4.31 Å². The summed E-state index contributed by atoms with van der Waals surface area (Å²) in [5, 5.41) is 0. The van der Waals surface area contributed by atoms with Crippen LogP contribution in [0.25, 0.3) is 0 Å². The van der Waals surface area contributed by atoms with E-state index >= 15 is 0 Å². The van der Waals surface area contributed by atoms with Gasteiger partial charge in [-0.2, -0.15) is 4.31 Å². The third kappa shape index (κ3) is 2.52. The number of hydrogen-bond acceptors (Lipinski definition) is 4. The molecule has 0 spiro atoms. The second kappa shape index (κ2) is 5.22. The molecule has 1 aliphatic heterocycles. The van der Waals surface area contributed by atoms with Crippen molar-refractivity contribution in [2.24, 2.45) is 0 Å². The van der Waals surface area contributed by atoms with Gasteiger partial charge < -0.3 is 4.74 Å². The Bertz CT molecular complexity index is 668. The minimum atomic E-state index is -3.39. The fraction of sp³-hybridized carbons (Fsp3) is 0.214. The normalized spacial score (nSPS) is 16.6. The average Bonchev–Trinajstić information content (AvgIpc) is 2.44. The van der Waals surface area contributed by atoms with Gasteiger partial charge in [-0.3, -0.25) is 4.98 Å². The number of pyridine rings is 1. The molecule has 1 aromatic carbocycles. The van der Waals surface area contributed by atoms with Gasteiger partial charge in [-0.15, -0.1) is 0 Å². The molecule has 0 N–H and O–H groups in total. The second-order valence-electron chi connectivity index (χ2n) is 4.56. The quantitative estimate of drug-likeness (QED) is 0.857. The summed E-state index contributed by atoms with van der Waals surface area (Å²) in [6.45, 7) is 0.734. The Morgan fingerprint density at radius 3 is 2.50 bits per heavy atom. The molecule has 0 saturated carbocycles. The molecule has 0 aliphatic carbocycles. The Morgan fingerprint density at radius 2 is 1.85 bits per heavy atom. The lowest BCUT2D eigenvalue weighted by Gasteiger charge is -2.37. The van der Waals surface area contributed by atoms with Gasteiger partial charge in [0.2, 0.25) is 10.0 Å². The summed E-state index contributed by atoms with van der Waals surface area (Å²) >= 11 is 0. The van der Waals surface area contributed by atoms with Crippen LogP contribution >= 0.6 is 0 Å². The molecule has 20 heavy (non-hydrogen) atoms. The molecule has 1 saturated heterocycles. The summed E-state index contributed by atoms with van der Waals surface area (Å²) in [6.07, 6.45) is 3.17. The molecule has 104 valence electrons. The van der Waals surface area contributed by atoms with E-state index in [0.29, 0.717) is 23.7 Å². The fourth-order valence-electron chi connectivity index (χ4n) is 2.02. The molecule has 2 aromatic rings. The largest absolute Gasteiger partial charge is 0.486 e. The van der Waals surface area contributed by atoms with Crippen LogP contribution in [0.2, 0.25) is 0 Å². The zero-order chi connectivity index (χ0) is 14.0. The van der Waals surface area contributed by atoms with Crippen molar-refractivity contribution in [1.82, 2.24) is 9.29 Å². The van der Waals surface area contributed by atoms with Crippen molar-refractivity contribution in [2.75, 3.05) is 13.1 Å². The maximum atomic E-state index is 12.3. The highest BCUT2D eigenvalue weighted by Crippen LogP contribution is 2.24. The number of benzene rings is 1. The minimum absolute atomic E-state index is 0.113. The first-order chi connectivity index (χ1) is 9.66. The SMILES string of the molecule is O=S(=O)(c1ccccc1)N1CC(Oc2cccnc2)C1. The second-order valence-corrected chi connectivity index (χ2v) is 6.50. The van der Waals surface area contributed by atoms with Gasteiger partial charge in [-0.05, 0) is 24.3 Å². The van der Waals surface area contributed by atoms with Crippen molar-refractivity contribution in [3.05, 3.63) is 54.9 Å². The first-order valence-corrected chi connectivity index (χ1v) is 7.72. The summed E-state index contributed by atoms with van der Waals surface area (Å²) in [5.74, 6) is 0.661. The Kier molecular flexibility index (Phi) is 3.42. The average molecular weight is 290 g/mol. The van der Waals surface area contributed by atoms with Gasteiger partial charge in [0.1, 0.15) is 11.9 Å². The molecular weight excluding hydrogens is 276 g/mol. The zero-order valence-corrected chi connectivity index (χ0v) is 11.5. The summed E-state index contributed by atoms with van der Waals surface area (Å²) < 4.78 is 31.6. The lowest BCUT2D eigenvalue weighted by atomic mass is 10.2. The summed E-state index contributed by atoms with van der Waals surface area (Å²) in [6, 6.07) is 12.0. The summed E-state index contributed by atoms with van der Waals surface area (Å²) in [4.78, 5) is 4.27. The molecule has 6 heteroatoms. The van der Waals surface area contributed by atoms with Crippen LogP contribution in [0.5, 0.6) is 5.75 Å². The van der Waals surface area contributed by atoms with Crippen molar-refractivity contribution in [2.45, 2.75) is 11.0 Å².